The first kappa shape index (κ1) is 9.02. The van der Waals surface area contributed by atoms with Crippen molar-refractivity contribution >= 4 is 11.8 Å². The maximum absolute atomic E-state index is 5.16. The molecule has 1 aliphatic rings. The number of hydrogen-bond acceptors (Lipinski definition) is 5. The normalized spacial score (nSPS) is 22.4. The van der Waals surface area contributed by atoms with Gasteiger partial charge >= 0.3 is 0 Å². The van der Waals surface area contributed by atoms with Crippen molar-refractivity contribution in [2.45, 2.75) is 24.6 Å². The summed E-state index contributed by atoms with van der Waals surface area (Å²) in [5.41, 5.74) is 0. The molecule has 1 fully saturated rings. The van der Waals surface area contributed by atoms with Gasteiger partial charge in [0.1, 0.15) is 0 Å². The predicted octanol–water partition coefficient (Wildman–Crippen LogP) is 1.36. The van der Waals surface area contributed by atoms with E-state index in [1.807, 2.05) is 6.26 Å². The van der Waals surface area contributed by atoms with Crippen LogP contribution in [0.15, 0.2) is 4.52 Å². The standard InChI is InChI=1S/C8H13N3OS/c1-13-5-7-10-8(12-11-7)6-3-2-4-9-6/h6,9H,2-5H2,1H3/t6-/m0/s1. The Morgan fingerprint density at radius 3 is 3.31 bits per heavy atom. The Morgan fingerprint density at radius 2 is 2.62 bits per heavy atom. The average molecular weight is 199 g/mol. The summed E-state index contributed by atoms with van der Waals surface area (Å²) in [6.45, 7) is 1.06. The van der Waals surface area contributed by atoms with Crippen molar-refractivity contribution in [3.8, 4) is 0 Å². The second-order valence-electron chi connectivity index (χ2n) is 3.13. The van der Waals surface area contributed by atoms with E-state index in [1.165, 1.54) is 6.42 Å². The monoisotopic (exact) mass is 199 g/mol. The van der Waals surface area contributed by atoms with Crippen LogP contribution in [0.3, 0.4) is 0 Å². The number of hydrogen-bond donors (Lipinski definition) is 1. The van der Waals surface area contributed by atoms with Gasteiger partial charge in [-0.25, -0.2) is 0 Å². The van der Waals surface area contributed by atoms with Crippen LogP contribution in [-0.4, -0.2) is 22.9 Å². The van der Waals surface area contributed by atoms with Crippen LogP contribution in [0.2, 0.25) is 0 Å². The molecule has 1 aliphatic heterocycles. The quantitative estimate of drug-likeness (QED) is 0.796. The van der Waals surface area contributed by atoms with Crippen LogP contribution in [0.4, 0.5) is 0 Å². The Balaban J connectivity index is 2.03. The highest BCUT2D eigenvalue weighted by atomic mass is 32.2. The number of nitrogens with one attached hydrogen (secondary N) is 1. The molecule has 0 saturated carbocycles. The fourth-order valence-electron chi connectivity index (χ4n) is 1.49. The number of nitrogens with zero attached hydrogens (tertiary/aromatic N) is 2. The van der Waals surface area contributed by atoms with Gasteiger partial charge in [0.05, 0.1) is 11.8 Å². The molecule has 0 aromatic carbocycles. The van der Waals surface area contributed by atoms with Gasteiger partial charge in [-0.1, -0.05) is 5.16 Å². The van der Waals surface area contributed by atoms with Crippen molar-refractivity contribution in [1.82, 2.24) is 15.5 Å². The van der Waals surface area contributed by atoms with E-state index >= 15 is 0 Å². The van der Waals surface area contributed by atoms with E-state index in [0.717, 1.165) is 30.4 Å². The smallest absolute Gasteiger partial charge is 0.243 e. The molecular formula is C8H13N3OS. The molecular weight excluding hydrogens is 186 g/mol. The van der Waals surface area contributed by atoms with Crippen LogP contribution in [0.5, 0.6) is 0 Å². The van der Waals surface area contributed by atoms with E-state index < -0.39 is 0 Å². The highest BCUT2D eigenvalue weighted by Crippen LogP contribution is 2.21. The van der Waals surface area contributed by atoms with Crippen molar-refractivity contribution in [1.29, 1.82) is 0 Å². The average Bonchev–Trinajstić information content (AvgIpc) is 2.70. The lowest BCUT2D eigenvalue weighted by Gasteiger charge is -2.01. The number of aromatic nitrogens is 2. The van der Waals surface area contributed by atoms with E-state index in [-0.39, 0.29) is 0 Å². The molecule has 4 nitrogen and oxygen atoms in total. The van der Waals surface area contributed by atoms with E-state index in [9.17, 15) is 0 Å². The zero-order valence-electron chi connectivity index (χ0n) is 7.62. The van der Waals surface area contributed by atoms with E-state index in [0.29, 0.717) is 6.04 Å². The van der Waals surface area contributed by atoms with Gasteiger partial charge in [0.25, 0.3) is 0 Å². The minimum absolute atomic E-state index is 0.295. The molecule has 0 amide bonds. The van der Waals surface area contributed by atoms with Crippen molar-refractivity contribution in [2.75, 3.05) is 12.8 Å². The second-order valence-corrected chi connectivity index (χ2v) is 4.00. The molecule has 1 atom stereocenters. The molecule has 2 rings (SSSR count). The first-order chi connectivity index (χ1) is 6.40. The van der Waals surface area contributed by atoms with Gasteiger partial charge in [0.15, 0.2) is 5.82 Å². The second kappa shape index (κ2) is 4.11. The maximum atomic E-state index is 5.16. The Kier molecular flexibility index (Phi) is 2.85. The molecule has 1 N–H and O–H groups in total. The van der Waals surface area contributed by atoms with Crippen LogP contribution in [-0.2, 0) is 5.75 Å². The zero-order chi connectivity index (χ0) is 9.10. The molecule has 1 saturated heterocycles. The third kappa shape index (κ3) is 2.03. The summed E-state index contributed by atoms with van der Waals surface area (Å²) in [7, 11) is 0. The molecule has 0 spiro atoms. The van der Waals surface area contributed by atoms with Gasteiger partial charge < -0.3 is 9.84 Å². The molecule has 2 heterocycles. The fraction of sp³-hybridized carbons (Fsp3) is 0.750. The van der Waals surface area contributed by atoms with Gasteiger partial charge in [0, 0.05) is 0 Å². The fourth-order valence-corrected chi connectivity index (χ4v) is 1.87. The number of rotatable bonds is 3. The SMILES string of the molecule is CSCc1noc([C@@H]2CCCN2)n1. The van der Waals surface area contributed by atoms with Gasteiger partial charge in [-0.05, 0) is 25.6 Å². The summed E-state index contributed by atoms with van der Waals surface area (Å²) in [5, 5.41) is 7.23. The Labute approximate surface area is 81.5 Å². The lowest BCUT2D eigenvalue weighted by molar-refractivity contribution is 0.342. The van der Waals surface area contributed by atoms with Crippen molar-refractivity contribution in [2.24, 2.45) is 0 Å². The van der Waals surface area contributed by atoms with Crippen molar-refractivity contribution in [3.63, 3.8) is 0 Å². The summed E-state index contributed by atoms with van der Waals surface area (Å²) in [5.74, 6) is 2.38. The lowest BCUT2D eigenvalue weighted by Crippen LogP contribution is -2.13. The molecule has 13 heavy (non-hydrogen) atoms. The van der Waals surface area contributed by atoms with Crippen molar-refractivity contribution in [3.05, 3.63) is 11.7 Å². The molecule has 0 unspecified atom stereocenters. The van der Waals surface area contributed by atoms with Gasteiger partial charge in [-0.15, -0.1) is 0 Å². The van der Waals surface area contributed by atoms with Crippen LogP contribution in [0, 0.1) is 0 Å². The summed E-state index contributed by atoms with van der Waals surface area (Å²) < 4.78 is 5.16. The van der Waals surface area contributed by atoms with Crippen LogP contribution >= 0.6 is 11.8 Å². The van der Waals surface area contributed by atoms with E-state index in [4.69, 9.17) is 4.52 Å². The summed E-state index contributed by atoms with van der Waals surface area (Å²) >= 11 is 1.71. The van der Waals surface area contributed by atoms with Crippen LogP contribution in [0.1, 0.15) is 30.6 Å². The minimum atomic E-state index is 0.295. The van der Waals surface area contributed by atoms with E-state index in [1.54, 1.807) is 11.8 Å². The topological polar surface area (TPSA) is 51.0 Å². The third-order valence-electron chi connectivity index (χ3n) is 2.12. The minimum Gasteiger partial charge on any atom is -0.338 e. The Morgan fingerprint density at radius 1 is 1.69 bits per heavy atom. The molecule has 5 heteroatoms. The van der Waals surface area contributed by atoms with Crippen LogP contribution in [0.25, 0.3) is 0 Å². The maximum Gasteiger partial charge on any atom is 0.243 e. The number of thioether (sulfide) groups is 1. The van der Waals surface area contributed by atoms with Gasteiger partial charge in [-0.2, -0.15) is 16.7 Å². The molecule has 0 bridgehead atoms. The van der Waals surface area contributed by atoms with Crippen LogP contribution < -0.4 is 5.32 Å². The summed E-state index contributed by atoms with van der Waals surface area (Å²) in [4.78, 5) is 4.32. The first-order valence-electron chi connectivity index (χ1n) is 4.45. The summed E-state index contributed by atoms with van der Waals surface area (Å²) in [6, 6.07) is 0.295. The highest BCUT2D eigenvalue weighted by molar-refractivity contribution is 7.97. The molecule has 1 aromatic heterocycles. The van der Waals surface area contributed by atoms with Gasteiger partial charge in [-0.3, -0.25) is 0 Å². The Hall–Kier alpha value is -0.550. The molecule has 1 aromatic rings. The first-order valence-corrected chi connectivity index (χ1v) is 5.84. The third-order valence-corrected chi connectivity index (χ3v) is 2.66. The highest BCUT2D eigenvalue weighted by Gasteiger charge is 2.21. The zero-order valence-corrected chi connectivity index (χ0v) is 8.43. The van der Waals surface area contributed by atoms with Gasteiger partial charge in [0.2, 0.25) is 5.89 Å². The largest absolute Gasteiger partial charge is 0.338 e. The molecule has 0 aliphatic carbocycles. The van der Waals surface area contributed by atoms with E-state index in [2.05, 4.69) is 15.5 Å². The van der Waals surface area contributed by atoms with Crippen molar-refractivity contribution < 1.29 is 4.52 Å². The summed E-state index contributed by atoms with van der Waals surface area (Å²) in [6.07, 6.45) is 4.34. The lowest BCUT2D eigenvalue weighted by atomic mass is 10.2. The Bertz CT molecular complexity index is 270. The molecule has 72 valence electrons. The predicted molar refractivity (Wildman–Crippen MR) is 51.5 cm³/mol. The molecule has 0 radical (unpaired) electrons.